The molecule has 0 aliphatic rings. The molecule has 0 saturated heterocycles. The van der Waals surface area contributed by atoms with Crippen LogP contribution < -0.4 is 5.32 Å². The van der Waals surface area contributed by atoms with Gasteiger partial charge in [-0.15, -0.1) is 0 Å². The number of nitrogens with zero attached hydrogens (tertiary/aromatic N) is 2. The maximum Gasteiger partial charge on any atom is 0.320 e. The molecule has 78 valence electrons. The minimum Gasteiger partial charge on any atom is -0.480 e. The molecule has 1 atom stereocenters. The van der Waals surface area contributed by atoms with Crippen LogP contribution in [-0.4, -0.2) is 26.7 Å². The van der Waals surface area contributed by atoms with Gasteiger partial charge in [0.15, 0.2) is 0 Å². The van der Waals surface area contributed by atoms with E-state index in [1.54, 1.807) is 13.1 Å². The molecule has 5 heteroatoms. The number of carbonyl (C=O) groups is 1. The third kappa shape index (κ3) is 2.56. The van der Waals surface area contributed by atoms with Gasteiger partial charge in [-0.3, -0.25) is 10.1 Å². The van der Waals surface area contributed by atoms with E-state index >= 15 is 0 Å². The maximum absolute atomic E-state index is 10.5. The molecule has 0 saturated carbocycles. The molecule has 2 N–H and O–H groups in total. The number of hydrogen-bond acceptors (Lipinski definition) is 3. The van der Waals surface area contributed by atoms with E-state index in [1.807, 2.05) is 17.7 Å². The molecule has 0 aliphatic carbocycles. The van der Waals surface area contributed by atoms with Crippen molar-refractivity contribution in [1.82, 2.24) is 14.9 Å². The van der Waals surface area contributed by atoms with Crippen LogP contribution in [0.3, 0.4) is 0 Å². The fourth-order valence-electron chi connectivity index (χ4n) is 1.13. The molecule has 14 heavy (non-hydrogen) atoms. The minimum atomic E-state index is -0.848. The first-order chi connectivity index (χ1) is 6.65. The van der Waals surface area contributed by atoms with Gasteiger partial charge in [0.25, 0.3) is 0 Å². The van der Waals surface area contributed by atoms with Gasteiger partial charge in [-0.25, -0.2) is 4.98 Å². The topological polar surface area (TPSA) is 67.2 Å². The van der Waals surface area contributed by atoms with E-state index in [0.29, 0.717) is 6.54 Å². The number of nitrogens with one attached hydrogen (secondary N) is 1. The van der Waals surface area contributed by atoms with Crippen molar-refractivity contribution < 1.29 is 9.90 Å². The second-order valence-corrected chi connectivity index (χ2v) is 3.07. The molecular formula is C9H15N3O2. The summed E-state index contributed by atoms with van der Waals surface area (Å²) in [6.45, 7) is 4.96. The molecule has 0 unspecified atom stereocenters. The van der Waals surface area contributed by atoms with Crippen LogP contribution in [0.15, 0.2) is 12.4 Å². The van der Waals surface area contributed by atoms with Crippen molar-refractivity contribution in [3.63, 3.8) is 0 Å². The van der Waals surface area contributed by atoms with Crippen molar-refractivity contribution in [2.24, 2.45) is 0 Å². The summed E-state index contributed by atoms with van der Waals surface area (Å²) in [6.07, 6.45) is 3.59. The molecule has 1 rings (SSSR count). The summed E-state index contributed by atoms with van der Waals surface area (Å²) in [5.41, 5.74) is 0. The van der Waals surface area contributed by atoms with Crippen LogP contribution in [0.25, 0.3) is 0 Å². The number of rotatable bonds is 5. The Hall–Kier alpha value is -1.36. The van der Waals surface area contributed by atoms with E-state index in [2.05, 4.69) is 10.3 Å². The van der Waals surface area contributed by atoms with E-state index in [1.165, 1.54) is 0 Å². The summed E-state index contributed by atoms with van der Waals surface area (Å²) in [6, 6.07) is -0.544. The zero-order valence-corrected chi connectivity index (χ0v) is 8.40. The molecule has 0 radical (unpaired) electrons. The quantitative estimate of drug-likeness (QED) is 0.720. The normalized spacial score (nSPS) is 12.7. The van der Waals surface area contributed by atoms with E-state index in [0.717, 1.165) is 12.4 Å². The highest BCUT2D eigenvalue weighted by Crippen LogP contribution is 1.97. The van der Waals surface area contributed by atoms with Gasteiger partial charge in [0, 0.05) is 18.9 Å². The van der Waals surface area contributed by atoms with E-state index in [4.69, 9.17) is 5.11 Å². The highest BCUT2D eigenvalue weighted by atomic mass is 16.4. The fourth-order valence-corrected chi connectivity index (χ4v) is 1.13. The summed E-state index contributed by atoms with van der Waals surface area (Å²) in [5, 5.41) is 11.5. The van der Waals surface area contributed by atoms with Gasteiger partial charge in [-0.1, -0.05) is 0 Å². The second-order valence-electron chi connectivity index (χ2n) is 3.07. The lowest BCUT2D eigenvalue weighted by atomic mass is 10.3. The van der Waals surface area contributed by atoms with Crippen LogP contribution in [0.5, 0.6) is 0 Å². The Labute approximate surface area is 82.8 Å². The number of aryl methyl sites for hydroxylation is 1. The van der Waals surface area contributed by atoms with E-state index < -0.39 is 12.0 Å². The van der Waals surface area contributed by atoms with Gasteiger partial charge in [-0.2, -0.15) is 0 Å². The van der Waals surface area contributed by atoms with Crippen LogP contribution >= 0.6 is 0 Å². The molecule has 0 aliphatic heterocycles. The zero-order chi connectivity index (χ0) is 10.6. The largest absolute Gasteiger partial charge is 0.480 e. The Morgan fingerprint density at radius 3 is 3.07 bits per heavy atom. The Morgan fingerprint density at radius 2 is 2.50 bits per heavy atom. The Morgan fingerprint density at radius 1 is 1.79 bits per heavy atom. The van der Waals surface area contributed by atoms with Gasteiger partial charge in [0.1, 0.15) is 11.9 Å². The molecule has 5 nitrogen and oxygen atoms in total. The fraction of sp³-hybridized carbons (Fsp3) is 0.556. The van der Waals surface area contributed by atoms with Gasteiger partial charge >= 0.3 is 5.97 Å². The molecule has 0 aromatic carbocycles. The molecule has 1 aromatic rings. The van der Waals surface area contributed by atoms with Crippen LogP contribution in [0.2, 0.25) is 0 Å². The van der Waals surface area contributed by atoms with Gasteiger partial charge in [0.2, 0.25) is 0 Å². The Balaban J connectivity index is 2.49. The summed E-state index contributed by atoms with van der Waals surface area (Å²) in [7, 11) is 0. The van der Waals surface area contributed by atoms with Gasteiger partial charge in [-0.05, 0) is 13.8 Å². The molecule has 1 aromatic heterocycles. The Bertz CT molecular complexity index is 309. The smallest absolute Gasteiger partial charge is 0.320 e. The molecule has 0 bridgehead atoms. The number of carboxylic acids is 1. The van der Waals surface area contributed by atoms with Crippen LogP contribution in [0, 0.1) is 0 Å². The summed E-state index contributed by atoms with van der Waals surface area (Å²) < 4.78 is 1.97. The van der Waals surface area contributed by atoms with E-state index in [-0.39, 0.29) is 0 Å². The maximum atomic E-state index is 10.5. The predicted molar refractivity (Wildman–Crippen MR) is 51.8 cm³/mol. The third-order valence-electron chi connectivity index (χ3n) is 2.08. The SMILES string of the molecule is CCn1ccnc1CN[C@@H](C)C(=O)O. The van der Waals surface area contributed by atoms with Crippen LogP contribution in [0.4, 0.5) is 0 Å². The van der Waals surface area contributed by atoms with Crippen molar-refractivity contribution >= 4 is 5.97 Å². The molecular weight excluding hydrogens is 182 g/mol. The lowest BCUT2D eigenvalue weighted by Crippen LogP contribution is -2.33. The average molecular weight is 197 g/mol. The first kappa shape index (κ1) is 10.7. The van der Waals surface area contributed by atoms with Gasteiger partial charge in [0.05, 0.1) is 6.54 Å². The molecule has 0 fully saturated rings. The molecule has 0 amide bonds. The zero-order valence-electron chi connectivity index (χ0n) is 8.40. The monoisotopic (exact) mass is 197 g/mol. The number of aromatic nitrogens is 2. The number of carboxylic acid groups (broad SMARTS) is 1. The van der Waals surface area contributed by atoms with Gasteiger partial charge < -0.3 is 9.67 Å². The molecule has 1 heterocycles. The third-order valence-corrected chi connectivity index (χ3v) is 2.08. The summed E-state index contributed by atoms with van der Waals surface area (Å²) in [4.78, 5) is 14.6. The number of hydrogen-bond donors (Lipinski definition) is 2. The summed E-state index contributed by atoms with van der Waals surface area (Å²) in [5.74, 6) is 0.0141. The first-order valence-electron chi connectivity index (χ1n) is 4.61. The van der Waals surface area contributed by atoms with E-state index in [9.17, 15) is 4.79 Å². The number of aliphatic carboxylic acids is 1. The van der Waals surface area contributed by atoms with Crippen LogP contribution in [-0.2, 0) is 17.9 Å². The van der Waals surface area contributed by atoms with Crippen molar-refractivity contribution in [2.75, 3.05) is 0 Å². The average Bonchev–Trinajstić information content (AvgIpc) is 2.60. The standard InChI is InChI=1S/C9H15N3O2/c1-3-12-5-4-10-8(12)6-11-7(2)9(13)14/h4-5,7,11H,3,6H2,1-2H3,(H,13,14)/t7-/m0/s1. The van der Waals surface area contributed by atoms with Crippen molar-refractivity contribution in [3.8, 4) is 0 Å². The van der Waals surface area contributed by atoms with Crippen molar-refractivity contribution in [1.29, 1.82) is 0 Å². The van der Waals surface area contributed by atoms with Crippen molar-refractivity contribution in [3.05, 3.63) is 18.2 Å². The number of imidazole rings is 1. The lowest BCUT2D eigenvalue weighted by Gasteiger charge is -2.09. The highest BCUT2D eigenvalue weighted by Gasteiger charge is 2.10. The highest BCUT2D eigenvalue weighted by molar-refractivity contribution is 5.72. The lowest BCUT2D eigenvalue weighted by molar-refractivity contribution is -0.139. The van der Waals surface area contributed by atoms with Crippen LogP contribution in [0.1, 0.15) is 19.7 Å². The minimum absolute atomic E-state index is 0.480. The first-order valence-corrected chi connectivity index (χ1v) is 4.61. The van der Waals surface area contributed by atoms with Crippen molar-refractivity contribution in [2.45, 2.75) is 33.0 Å². The summed E-state index contributed by atoms with van der Waals surface area (Å²) >= 11 is 0. The Kier molecular flexibility index (Phi) is 3.64. The molecule has 0 spiro atoms. The second kappa shape index (κ2) is 4.76. The predicted octanol–water partition coefficient (Wildman–Crippen LogP) is 0.466.